The van der Waals surface area contributed by atoms with Crippen LogP contribution in [0.4, 0.5) is 0 Å². The summed E-state index contributed by atoms with van der Waals surface area (Å²) in [7, 11) is 0. The van der Waals surface area contributed by atoms with Crippen molar-refractivity contribution in [2.24, 2.45) is 0 Å². The van der Waals surface area contributed by atoms with Crippen molar-refractivity contribution in [3.8, 4) is 0 Å². The van der Waals surface area contributed by atoms with Crippen LogP contribution in [0.25, 0.3) is 10.6 Å². The Hall–Kier alpha value is -0.173. The van der Waals surface area contributed by atoms with E-state index >= 15 is 0 Å². The molecule has 40 heavy (non-hydrogen) atoms. The minimum atomic E-state index is 0. The van der Waals surface area contributed by atoms with Gasteiger partial charge in [0, 0.05) is 0 Å². The third-order valence-electron chi connectivity index (χ3n) is 6.70. The van der Waals surface area contributed by atoms with Crippen molar-refractivity contribution in [2.75, 3.05) is 78.5 Å². The Labute approximate surface area is 262 Å². The van der Waals surface area contributed by atoms with E-state index in [0.29, 0.717) is 12.1 Å². The number of nitrogens with one attached hydrogen (secondary N) is 6. The number of fused-ring (bicyclic) bond motifs is 4. The molecule has 2 saturated heterocycles. The summed E-state index contributed by atoms with van der Waals surface area (Å²) in [4.78, 5) is 0. The molecule has 12 nitrogen and oxygen atoms in total. The minimum Gasteiger partial charge on any atom is -0.680 e. The largest absolute Gasteiger partial charge is 2.00 e. The minimum absolute atomic E-state index is 0. The van der Waals surface area contributed by atoms with Crippen LogP contribution in [0.2, 0.25) is 0 Å². The number of allylic oxidation sites excluding steroid dienone is 2. The maximum atomic E-state index is 5.08. The van der Waals surface area contributed by atoms with Gasteiger partial charge in [0.2, 0.25) is 0 Å². The van der Waals surface area contributed by atoms with Crippen LogP contribution in [-0.4, -0.2) is 96.7 Å². The first-order valence-electron chi connectivity index (χ1n) is 13.9. The van der Waals surface area contributed by atoms with Gasteiger partial charge in [-0.1, -0.05) is 43.5 Å². The predicted molar refractivity (Wildman–Crippen MR) is 164 cm³/mol. The molecule has 0 spiro atoms. The fourth-order valence-electron chi connectivity index (χ4n) is 4.77. The van der Waals surface area contributed by atoms with Gasteiger partial charge in [-0.3, -0.25) is 0 Å². The molecule has 0 aliphatic carbocycles. The van der Waals surface area contributed by atoms with E-state index in [-0.39, 0.29) is 60.9 Å². The molecule has 3 aliphatic heterocycles. The summed E-state index contributed by atoms with van der Waals surface area (Å²) in [6, 6.07) is 1.26. The van der Waals surface area contributed by atoms with Gasteiger partial charge in [0.05, 0.1) is 0 Å². The standard InChI is InChI=1S/C26H50N8.2Ni.4H2O/c1-7-23-19-29-15-3-11-27-13-5-17-31-21-25-9-2-10-26(34-25)22-32-18-6-14-28-12-4-16-30-20-24(8-1)33-23;;;;;;/h1,7-8,23,25-32H,2-6,9-22H2;;;4*1H2/q-2;2*+2;;;;/p+4. The summed E-state index contributed by atoms with van der Waals surface area (Å²) in [6.45, 7) is 12.4. The van der Waals surface area contributed by atoms with Crippen LogP contribution in [0.15, 0.2) is 23.9 Å². The van der Waals surface area contributed by atoms with E-state index in [9.17, 15) is 0 Å². The molecule has 0 saturated carbocycles. The predicted octanol–water partition coefficient (Wildman–Crippen LogP) is -2.10. The topological polar surface area (TPSA) is 232 Å². The van der Waals surface area contributed by atoms with Gasteiger partial charge < -0.3 is 64.4 Å². The van der Waals surface area contributed by atoms with Gasteiger partial charge in [-0.2, -0.15) is 0 Å². The van der Waals surface area contributed by atoms with Crippen molar-refractivity contribution < 1.29 is 54.9 Å². The first kappa shape index (κ1) is 46.8. The summed E-state index contributed by atoms with van der Waals surface area (Å²) in [5, 5.41) is 31.5. The maximum Gasteiger partial charge on any atom is 2.00 e. The Morgan fingerprint density at radius 2 is 1.00 bits per heavy atom. The fourth-order valence-corrected chi connectivity index (χ4v) is 4.77. The van der Waals surface area contributed by atoms with E-state index in [4.69, 9.17) is 10.6 Å². The summed E-state index contributed by atoms with van der Waals surface area (Å²) in [6.07, 6.45) is 14.9. The quantitative estimate of drug-likeness (QED) is 0.125. The van der Waals surface area contributed by atoms with Crippen LogP contribution in [0, 0.1) is 0 Å². The van der Waals surface area contributed by atoms with E-state index in [2.05, 4.69) is 50.1 Å². The molecule has 3 aliphatic rings. The third-order valence-corrected chi connectivity index (χ3v) is 6.70. The molecule has 3 atom stereocenters. The van der Waals surface area contributed by atoms with Crippen LogP contribution >= 0.6 is 0 Å². The van der Waals surface area contributed by atoms with Gasteiger partial charge >= 0.3 is 33.0 Å². The Bertz CT molecular complexity index is 597. The summed E-state index contributed by atoms with van der Waals surface area (Å²) in [5.41, 5.74) is 1.16. The number of hydrogen-bond donors (Lipinski definition) is 6. The summed E-state index contributed by atoms with van der Waals surface area (Å²) >= 11 is 0. The molecule has 2 fully saturated rings. The molecule has 0 aromatic heterocycles. The average Bonchev–Trinajstić information content (AvgIpc) is 2.86. The molecular formula is C26H62N8Ni2O4+6. The second-order valence-electron chi connectivity index (χ2n) is 9.83. The molecule has 0 radical (unpaired) electrons. The van der Waals surface area contributed by atoms with Crippen LogP contribution in [-0.2, 0) is 54.9 Å². The Kier molecular flexibility index (Phi) is 37.1. The van der Waals surface area contributed by atoms with E-state index in [1.807, 2.05) is 0 Å². The van der Waals surface area contributed by atoms with Gasteiger partial charge in [-0.05, 0) is 104 Å². The molecule has 0 amide bonds. The first-order chi connectivity index (χ1) is 16.9. The van der Waals surface area contributed by atoms with Crippen LogP contribution in [0.1, 0.15) is 44.9 Å². The van der Waals surface area contributed by atoms with Crippen molar-refractivity contribution in [3.63, 3.8) is 0 Å². The monoisotopic (exact) mass is 666 g/mol. The van der Waals surface area contributed by atoms with Crippen molar-refractivity contribution in [1.29, 1.82) is 0 Å². The molecule has 14 heteroatoms. The number of nitrogens with zero attached hydrogens (tertiary/aromatic N) is 2. The summed E-state index contributed by atoms with van der Waals surface area (Å²) in [5.74, 6) is 0. The van der Waals surface area contributed by atoms with E-state index < -0.39 is 0 Å². The molecular weight excluding hydrogens is 606 g/mol. The molecule has 0 aromatic rings. The van der Waals surface area contributed by atoms with Gasteiger partial charge in [0.25, 0.3) is 0 Å². The van der Waals surface area contributed by atoms with E-state index in [0.717, 1.165) is 97.1 Å². The Morgan fingerprint density at radius 3 is 1.52 bits per heavy atom. The van der Waals surface area contributed by atoms with Gasteiger partial charge in [-0.15, -0.1) is 17.8 Å². The van der Waals surface area contributed by atoms with Gasteiger partial charge in [-0.25, -0.2) is 0 Å². The third kappa shape index (κ3) is 22.4. The van der Waals surface area contributed by atoms with Gasteiger partial charge in [0.15, 0.2) is 0 Å². The van der Waals surface area contributed by atoms with Crippen molar-refractivity contribution in [3.05, 3.63) is 34.6 Å². The average molecular weight is 668 g/mol. The molecule has 3 heterocycles. The van der Waals surface area contributed by atoms with Crippen LogP contribution < -0.4 is 31.9 Å². The SMILES string of the molecule is C1=CC2CNCCCNCCCNCC3CCCC(CNCCCNCCCNCC(=C1)[N-]2)[N-]3.[Ni+2].[Ni+2].[OH3+].[OH3+].[OH3+].[OH3+]. The normalized spacial score (nSPS) is 26.2. The summed E-state index contributed by atoms with van der Waals surface area (Å²) < 4.78 is 0. The Balaban J connectivity index is -0.00000108. The molecule has 244 valence electrons. The van der Waals surface area contributed by atoms with Crippen molar-refractivity contribution in [2.45, 2.75) is 63.1 Å². The maximum absolute atomic E-state index is 5.08. The van der Waals surface area contributed by atoms with Crippen LogP contribution in [0.5, 0.6) is 0 Å². The molecule has 4 bridgehead atoms. The van der Waals surface area contributed by atoms with Crippen molar-refractivity contribution in [1.82, 2.24) is 31.9 Å². The zero-order chi connectivity index (χ0) is 23.5. The van der Waals surface area contributed by atoms with E-state index in [1.165, 1.54) is 32.1 Å². The van der Waals surface area contributed by atoms with Gasteiger partial charge in [0.1, 0.15) is 0 Å². The number of rotatable bonds is 0. The molecule has 3 rings (SSSR count). The fraction of sp³-hybridized carbons (Fsp3) is 0.846. The second kappa shape index (κ2) is 31.8. The first-order valence-corrected chi connectivity index (χ1v) is 13.9. The second-order valence-corrected chi connectivity index (χ2v) is 9.83. The smallest absolute Gasteiger partial charge is 0.680 e. The number of piperidine rings is 1. The zero-order valence-corrected chi connectivity index (χ0v) is 26.2. The molecule has 18 N–H and O–H groups in total. The van der Waals surface area contributed by atoms with Crippen LogP contribution in [0.3, 0.4) is 0 Å². The van der Waals surface area contributed by atoms with E-state index in [1.54, 1.807) is 0 Å². The molecule has 0 aromatic carbocycles. The molecule has 3 unspecified atom stereocenters. The number of hydrogen-bond acceptors (Lipinski definition) is 6. The van der Waals surface area contributed by atoms with Crippen molar-refractivity contribution >= 4 is 0 Å². The zero-order valence-electron chi connectivity index (χ0n) is 24.2. The Morgan fingerprint density at radius 1 is 0.550 bits per heavy atom.